The van der Waals surface area contributed by atoms with Crippen molar-refractivity contribution in [3.8, 4) is 0 Å². The first-order valence-corrected chi connectivity index (χ1v) is 7.59. The fraction of sp³-hybridized carbons (Fsp3) is 0.583. The number of hydrogen-bond acceptors (Lipinski definition) is 6. The normalized spacial score (nSPS) is 16.3. The quantitative estimate of drug-likeness (QED) is 0.656. The molecule has 0 atom stereocenters. The molecule has 0 spiro atoms. The predicted molar refractivity (Wildman–Crippen MR) is 77.7 cm³/mol. The van der Waals surface area contributed by atoms with Gasteiger partial charge in [0.25, 0.3) is 0 Å². The van der Waals surface area contributed by atoms with Crippen LogP contribution in [0.1, 0.15) is 31.5 Å². The van der Waals surface area contributed by atoms with E-state index in [9.17, 15) is 0 Å². The van der Waals surface area contributed by atoms with Crippen LogP contribution < -0.4 is 11.3 Å². The molecule has 0 unspecified atom stereocenters. The maximum absolute atomic E-state index is 5.53. The maximum Gasteiger partial charge on any atom is 0.163 e. The number of nitrogens with zero attached hydrogens (tertiary/aromatic N) is 4. The van der Waals surface area contributed by atoms with Crippen molar-refractivity contribution in [1.82, 2.24) is 19.7 Å². The van der Waals surface area contributed by atoms with E-state index in [-0.39, 0.29) is 0 Å². The third kappa shape index (κ3) is 2.52. The Balaban J connectivity index is 1.84. The van der Waals surface area contributed by atoms with Crippen molar-refractivity contribution in [2.45, 2.75) is 36.7 Å². The highest BCUT2D eigenvalue weighted by molar-refractivity contribution is 7.99. The molecule has 3 rings (SSSR count). The zero-order valence-electron chi connectivity index (χ0n) is 11.0. The minimum absolute atomic E-state index is 0.653. The van der Waals surface area contributed by atoms with Gasteiger partial charge in [-0.2, -0.15) is 16.9 Å². The zero-order valence-corrected chi connectivity index (χ0v) is 11.8. The van der Waals surface area contributed by atoms with Gasteiger partial charge in [-0.15, -0.1) is 0 Å². The molecule has 0 saturated heterocycles. The molecule has 102 valence electrons. The van der Waals surface area contributed by atoms with Crippen LogP contribution >= 0.6 is 11.8 Å². The van der Waals surface area contributed by atoms with Crippen LogP contribution in [-0.4, -0.2) is 25.0 Å². The van der Waals surface area contributed by atoms with Crippen LogP contribution in [-0.2, 0) is 12.8 Å². The number of aromatic nitrogens is 4. The van der Waals surface area contributed by atoms with Crippen LogP contribution in [0.5, 0.6) is 0 Å². The van der Waals surface area contributed by atoms with Crippen LogP contribution in [0.2, 0.25) is 0 Å². The topological polar surface area (TPSA) is 81.7 Å². The zero-order chi connectivity index (χ0) is 13.2. The van der Waals surface area contributed by atoms with Gasteiger partial charge in [-0.3, -0.25) is 4.68 Å². The summed E-state index contributed by atoms with van der Waals surface area (Å²) in [4.78, 5) is 9.05. The van der Waals surface area contributed by atoms with Gasteiger partial charge in [-0.1, -0.05) is 12.8 Å². The lowest BCUT2D eigenvalue weighted by Crippen LogP contribution is -2.11. The number of fused-ring (bicyclic) bond motifs is 1. The number of rotatable bonds is 4. The molecule has 3 N–H and O–H groups in total. The summed E-state index contributed by atoms with van der Waals surface area (Å²) in [6.07, 6.45) is 7.09. The van der Waals surface area contributed by atoms with Crippen LogP contribution in [0.25, 0.3) is 11.0 Å². The van der Waals surface area contributed by atoms with E-state index in [0.717, 1.165) is 27.9 Å². The SMILES string of the molecule is Cn1ncc2c(NN)nc(CSC3CCCC3)nc21. The number of nitrogen functional groups attached to an aromatic ring is 1. The van der Waals surface area contributed by atoms with Gasteiger partial charge in [0.05, 0.1) is 17.3 Å². The van der Waals surface area contributed by atoms with Gasteiger partial charge >= 0.3 is 0 Å². The Morgan fingerprint density at radius 3 is 2.95 bits per heavy atom. The van der Waals surface area contributed by atoms with Crippen LogP contribution in [0.4, 0.5) is 5.82 Å². The van der Waals surface area contributed by atoms with E-state index in [4.69, 9.17) is 5.84 Å². The van der Waals surface area contributed by atoms with Crippen molar-refractivity contribution in [2.75, 3.05) is 5.43 Å². The van der Waals surface area contributed by atoms with E-state index >= 15 is 0 Å². The molecule has 19 heavy (non-hydrogen) atoms. The van der Waals surface area contributed by atoms with Crippen molar-refractivity contribution in [2.24, 2.45) is 12.9 Å². The van der Waals surface area contributed by atoms with Gasteiger partial charge in [-0.25, -0.2) is 15.8 Å². The molecular formula is C12H18N6S. The van der Waals surface area contributed by atoms with E-state index in [1.807, 2.05) is 18.8 Å². The second kappa shape index (κ2) is 5.34. The number of anilines is 1. The predicted octanol–water partition coefficient (Wildman–Crippen LogP) is 1.82. The molecule has 2 aromatic heterocycles. The second-order valence-corrected chi connectivity index (χ2v) is 6.14. The minimum Gasteiger partial charge on any atom is -0.308 e. The van der Waals surface area contributed by atoms with Gasteiger partial charge in [0.1, 0.15) is 5.82 Å². The molecule has 1 fully saturated rings. The Hall–Kier alpha value is -1.34. The smallest absolute Gasteiger partial charge is 0.163 e. The fourth-order valence-electron chi connectivity index (χ4n) is 2.49. The maximum atomic E-state index is 5.53. The summed E-state index contributed by atoms with van der Waals surface area (Å²) in [6, 6.07) is 0. The number of hydrazine groups is 1. The molecular weight excluding hydrogens is 260 g/mol. The average Bonchev–Trinajstić information content (AvgIpc) is 3.06. The summed E-state index contributed by atoms with van der Waals surface area (Å²) < 4.78 is 1.75. The number of hydrogen-bond donors (Lipinski definition) is 2. The summed E-state index contributed by atoms with van der Waals surface area (Å²) in [5.74, 6) is 7.84. The highest BCUT2D eigenvalue weighted by atomic mass is 32.2. The largest absolute Gasteiger partial charge is 0.308 e. The lowest BCUT2D eigenvalue weighted by Gasteiger charge is -2.09. The third-order valence-electron chi connectivity index (χ3n) is 3.53. The molecule has 1 aliphatic rings. The number of thioether (sulfide) groups is 1. The van der Waals surface area contributed by atoms with Crippen LogP contribution in [0.15, 0.2) is 6.20 Å². The van der Waals surface area contributed by atoms with E-state index in [2.05, 4.69) is 20.5 Å². The van der Waals surface area contributed by atoms with Gasteiger partial charge in [0.15, 0.2) is 11.5 Å². The molecule has 0 aliphatic heterocycles. The summed E-state index contributed by atoms with van der Waals surface area (Å²) in [5.41, 5.74) is 3.46. The Kier molecular flexibility index (Phi) is 3.56. The number of aryl methyl sites for hydroxylation is 1. The summed E-state index contributed by atoms with van der Waals surface area (Å²) in [5, 5.41) is 5.82. The van der Waals surface area contributed by atoms with Crippen molar-refractivity contribution < 1.29 is 0 Å². The lowest BCUT2D eigenvalue weighted by atomic mass is 10.4. The second-order valence-electron chi connectivity index (χ2n) is 4.86. The Morgan fingerprint density at radius 2 is 2.21 bits per heavy atom. The monoisotopic (exact) mass is 278 g/mol. The van der Waals surface area contributed by atoms with Crippen molar-refractivity contribution >= 4 is 28.6 Å². The molecule has 0 bridgehead atoms. The van der Waals surface area contributed by atoms with Crippen molar-refractivity contribution in [3.05, 3.63) is 12.0 Å². The van der Waals surface area contributed by atoms with E-state index in [0.29, 0.717) is 5.82 Å². The summed E-state index contributed by atoms with van der Waals surface area (Å²) in [6.45, 7) is 0. The van der Waals surface area contributed by atoms with Gasteiger partial charge in [0.2, 0.25) is 0 Å². The van der Waals surface area contributed by atoms with Crippen molar-refractivity contribution in [1.29, 1.82) is 0 Å². The first kappa shape index (κ1) is 12.7. The molecule has 1 aliphatic carbocycles. The van der Waals surface area contributed by atoms with Crippen molar-refractivity contribution in [3.63, 3.8) is 0 Å². The molecule has 2 heterocycles. The Labute approximate surface area is 116 Å². The minimum atomic E-state index is 0.653. The van der Waals surface area contributed by atoms with Crippen LogP contribution in [0, 0.1) is 0 Å². The van der Waals surface area contributed by atoms with Gasteiger partial charge in [-0.05, 0) is 12.8 Å². The fourth-order valence-corrected chi connectivity index (χ4v) is 3.67. The van der Waals surface area contributed by atoms with Gasteiger partial charge < -0.3 is 5.43 Å². The Morgan fingerprint density at radius 1 is 1.42 bits per heavy atom. The third-order valence-corrected chi connectivity index (χ3v) is 4.89. The Bertz CT molecular complexity index is 575. The van der Waals surface area contributed by atoms with E-state index in [1.165, 1.54) is 25.7 Å². The molecule has 6 nitrogen and oxygen atoms in total. The first-order chi connectivity index (χ1) is 9.28. The van der Waals surface area contributed by atoms with Crippen LogP contribution in [0.3, 0.4) is 0 Å². The summed E-state index contributed by atoms with van der Waals surface area (Å²) >= 11 is 1.95. The molecule has 2 aromatic rings. The molecule has 0 amide bonds. The van der Waals surface area contributed by atoms with E-state index < -0.39 is 0 Å². The standard InChI is InChI=1S/C12H18N6S/c1-18-12-9(6-14-18)11(17-13)15-10(16-12)7-19-8-4-2-3-5-8/h6,8H,2-5,7,13H2,1H3,(H,15,16,17). The first-order valence-electron chi connectivity index (χ1n) is 6.55. The molecule has 0 aromatic carbocycles. The highest BCUT2D eigenvalue weighted by Gasteiger charge is 2.17. The highest BCUT2D eigenvalue weighted by Crippen LogP contribution is 2.31. The molecule has 7 heteroatoms. The lowest BCUT2D eigenvalue weighted by molar-refractivity contribution is 0.782. The average molecular weight is 278 g/mol. The number of nitrogens with one attached hydrogen (secondary N) is 1. The number of nitrogens with two attached hydrogens (primary N) is 1. The summed E-state index contributed by atoms with van der Waals surface area (Å²) in [7, 11) is 1.88. The molecule has 1 saturated carbocycles. The van der Waals surface area contributed by atoms with Gasteiger partial charge in [0, 0.05) is 12.3 Å². The van der Waals surface area contributed by atoms with E-state index in [1.54, 1.807) is 10.9 Å². The molecule has 0 radical (unpaired) electrons.